The largest absolute Gasteiger partial charge is 0.297 e. The molecule has 0 aromatic carbocycles. The van der Waals surface area contributed by atoms with E-state index in [2.05, 4.69) is 18.0 Å². The summed E-state index contributed by atoms with van der Waals surface area (Å²) in [5, 5.41) is 0. The van der Waals surface area contributed by atoms with E-state index in [0.717, 1.165) is 6.42 Å². The smallest absolute Gasteiger partial charge is 0.0277 e. The van der Waals surface area contributed by atoms with Crippen molar-refractivity contribution < 1.29 is 0 Å². The maximum absolute atomic E-state index is 3.79. The zero-order chi connectivity index (χ0) is 6.95. The van der Waals surface area contributed by atoms with E-state index in [4.69, 9.17) is 0 Å². The zero-order valence-corrected chi connectivity index (χ0v) is 6.04. The molecule has 0 N–H and O–H groups in total. The molecule has 0 aromatic rings. The third kappa shape index (κ3) is 7.15. The van der Waals surface area contributed by atoms with E-state index in [1.165, 1.54) is 0 Å². The first-order valence-electron chi connectivity index (χ1n) is 3.15. The summed E-state index contributed by atoms with van der Waals surface area (Å²) in [7, 11) is 1.76. The number of rotatable bonds is 3. The lowest BCUT2D eigenvalue weighted by Gasteiger charge is -1.72. The Balaban J connectivity index is 3.35. The van der Waals surface area contributed by atoms with Crippen LogP contribution >= 0.6 is 0 Å². The molecule has 0 fully saturated rings. The fourth-order valence-corrected chi connectivity index (χ4v) is 0.415. The number of aliphatic imine (C=N–C) groups is 1. The van der Waals surface area contributed by atoms with Gasteiger partial charge >= 0.3 is 0 Å². The number of nitrogens with zero attached hydrogens (tertiary/aromatic N) is 1. The monoisotopic (exact) mass is 123 g/mol. The first-order chi connectivity index (χ1) is 4.41. The molecule has 0 spiro atoms. The average molecular weight is 123 g/mol. The van der Waals surface area contributed by atoms with Crippen LogP contribution in [0, 0.1) is 0 Å². The Morgan fingerprint density at radius 1 is 1.22 bits per heavy atom. The lowest BCUT2D eigenvalue weighted by atomic mass is 10.4. The molecule has 0 heterocycles. The molecule has 0 aliphatic carbocycles. The molecular formula is C8H13N. The van der Waals surface area contributed by atoms with Crippen LogP contribution in [0.1, 0.15) is 13.3 Å². The Morgan fingerprint density at radius 3 is 2.56 bits per heavy atom. The molecule has 50 valence electrons. The van der Waals surface area contributed by atoms with Crippen LogP contribution < -0.4 is 0 Å². The van der Waals surface area contributed by atoms with Crippen molar-refractivity contribution in [2.75, 3.05) is 7.05 Å². The summed E-state index contributed by atoms with van der Waals surface area (Å²) >= 11 is 0. The molecule has 0 aliphatic heterocycles. The predicted octanol–water partition coefficient (Wildman–Crippen LogP) is 2.21. The van der Waals surface area contributed by atoms with Gasteiger partial charge in [0.1, 0.15) is 0 Å². The molecule has 0 saturated carbocycles. The Morgan fingerprint density at radius 2 is 2.00 bits per heavy atom. The molecule has 0 aliphatic rings. The third-order valence-electron chi connectivity index (χ3n) is 0.829. The SMILES string of the molecule is CC/C=C/C=C\C=N/C. The van der Waals surface area contributed by atoms with Crippen LogP contribution in [-0.2, 0) is 0 Å². The Hall–Kier alpha value is -0.850. The van der Waals surface area contributed by atoms with Gasteiger partial charge in [0.15, 0.2) is 0 Å². The third-order valence-corrected chi connectivity index (χ3v) is 0.829. The Kier molecular flexibility index (Phi) is 6.47. The van der Waals surface area contributed by atoms with Crippen molar-refractivity contribution in [2.24, 2.45) is 4.99 Å². The van der Waals surface area contributed by atoms with Gasteiger partial charge in [-0.05, 0) is 12.5 Å². The van der Waals surface area contributed by atoms with Crippen molar-refractivity contribution >= 4 is 6.21 Å². The van der Waals surface area contributed by atoms with Gasteiger partial charge in [-0.15, -0.1) is 0 Å². The van der Waals surface area contributed by atoms with E-state index >= 15 is 0 Å². The van der Waals surface area contributed by atoms with Gasteiger partial charge in [-0.1, -0.05) is 25.2 Å². The van der Waals surface area contributed by atoms with E-state index in [1.54, 1.807) is 13.3 Å². The standard InChI is InChI=1S/C8H13N/c1-3-4-5-6-7-8-9-2/h4-8H,3H2,1-2H3/b5-4+,7-6-,9-8-. The number of allylic oxidation sites excluding steroid dienone is 4. The van der Waals surface area contributed by atoms with Gasteiger partial charge < -0.3 is 0 Å². The van der Waals surface area contributed by atoms with Crippen molar-refractivity contribution in [1.82, 2.24) is 0 Å². The highest BCUT2D eigenvalue weighted by atomic mass is 14.6. The van der Waals surface area contributed by atoms with Gasteiger partial charge in [0, 0.05) is 13.3 Å². The van der Waals surface area contributed by atoms with Crippen molar-refractivity contribution in [3.05, 3.63) is 24.3 Å². The van der Waals surface area contributed by atoms with Gasteiger partial charge in [0.25, 0.3) is 0 Å². The van der Waals surface area contributed by atoms with Crippen LogP contribution in [0.4, 0.5) is 0 Å². The topological polar surface area (TPSA) is 12.4 Å². The second kappa shape index (κ2) is 7.15. The van der Waals surface area contributed by atoms with Crippen LogP contribution in [-0.4, -0.2) is 13.3 Å². The molecule has 0 bridgehead atoms. The molecule has 1 heteroatoms. The van der Waals surface area contributed by atoms with Crippen molar-refractivity contribution in [1.29, 1.82) is 0 Å². The van der Waals surface area contributed by atoms with Gasteiger partial charge in [0.2, 0.25) is 0 Å². The lowest BCUT2D eigenvalue weighted by molar-refractivity contribution is 1.22. The molecule has 9 heavy (non-hydrogen) atoms. The molecule has 0 atom stereocenters. The summed E-state index contributed by atoms with van der Waals surface area (Å²) in [4.78, 5) is 3.79. The molecule has 0 amide bonds. The average Bonchev–Trinajstić information content (AvgIpc) is 1.89. The normalized spacial score (nSPS) is 12.7. The van der Waals surface area contributed by atoms with Gasteiger partial charge in [-0.3, -0.25) is 4.99 Å². The summed E-state index contributed by atoms with van der Waals surface area (Å²) < 4.78 is 0. The number of hydrogen-bond donors (Lipinski definition) is 0. The van der Waals surface area contributed by atoms with E-state index in [1.807, 2.05) is 18.2 Å². The minimum atomic E-state index is 1.09. The molecular weight excluding hydrogens is 110 g/mol. The van der Waals surface area contributed by atoms with E-state index < -0.39 is 0 Å². The van der Waals surface area contributed by atoms with Crippen LogP contribution in [0.25, 0.3) is 0 Å². The van der Waals surface area contributed by atoms with Crippen LogP contribution in [0.15, 0.2) is 29.3 Å². The zero-order valence-electron chi connectivity index (χ0n) is 6.04. The highest BCUT2D eigenvalue weighted by molar-refractivity contribution is 5.71. The van der Waals surface area contributed by atoms with Crippen LogP contribution in [0.2, 0.25) is 0 Å². The summed E-state index contributed by atoms with van der Waals surface area (Å²) in [6.07, 6.45) is 10.8. The van der Waals surface area contributed by atoms with E-state index in [-0.39, 0.29) is 0 Å². The number of hydrogen-bond acceptors (Lipinski definition) is 1. The van der Waals surface area contributed by atoms with Gasteiger partial charge in [-0.2, -0.15) is 0 Å². The van der Waals surface area contributed by atoms with Gasteiger partial charge in [0.05, 0.1) is 0 Å². The summed E-state index contributed by atoms with van der Waals surface area (Å²) in [6.45, 7) is 2.11. The first-order valence-corrected chi connectivity index (χ1v) is 3.15. The minimum absolute atomic E-state index is 1.09. The van der Waals surface area contributed by atoms with Crippen LogP contribution in [0.3, 0.4) is 0 Å². The molecule has 0 rings (SSSR count). The second-order valence-corrected chi connectivity index (χ2v) is 1.63. The van der Waals surface area contributed by atoms with E-state index in [9.17, 15) is 0 Å². The highest BCUT2D eigenvalue weighted by Gasteiger charge is 1.60. The molecule has 0 aromatic heterocycles. The van der Waals surface area contributed by atoms with Gasteiger partial charge in [-0.25, -0.2) is 0 Å². The summed E-state index contributed by atoms with van der Waals surface area (Å²) in [6, 6.07) is 0. The van der Waals surface area contributed by atoms with Crippen LogP contribution in [0.5, 0.6) is 0 Å². The van der Waals surface area contributed by atoms with Crippen molar-refractivity contribution in [3.63, 3.8) is 0 Å². The fourth-order valence-electron chi connectivity index (χ4n) is 0.415. The second-order valence-electron chi connectivity index (χ2n) is 1.63. The molecule has 0 saturated heterocycles. The first kappa shape index (κ1) is 8.15. The van der Waals surface area contributed by atoms with Crippen molar-refractivity contribution in [2.45, 2.75) is 13.3 Å². The predicted molar refractivity (Wildman–Crippen MR) is 43.0 cm³/mol. The molecule has 0 unspecified atom stereocenters. The maximum Gasteiger partial charge on any atom is 0.0277 e. The minimum Gasteiger partial charge on any atom is -0.297 e. The summed E-state index contributed by atoms with van der Waals surface area (Å²) in [5.74, 6) is 0. The molecule has 0 radical (unpaired) electrons. The highest BCUT2D eigenvalue weighted by Crippen LogP contribution is 1.79. The lowest BCUT2D eigenvalue weighted by Crippen LogP contribution is -1.59. The fraction of sp³-hybridized carbons (Fsp3) is 0.375. The summed E-state index contributed by atoms with van der Waals surface area (Å²) in [5.41, 5.74) is 0. The molecule has 1 nitrogen and oxygen atoms in total. The Bertz CT molecular complexity index is 121. The van der Waals surface area contributed by atoms with E-state index in [0.29, 0.717) is 0 Å². The maximum atomic E-state index is 3.79. The van der Waals surface area contributed by atoms with Crippen molar-refractivity contribution in [3.8, 4) is 0 Å². The Labute approximate surface area is 56.8 Å². The quantitative estimate of drug-likeness (QED) is 0.403.